The highest BCUT2D eigenvalue weighted by molar-refractivity contribution is 5.36. The molecule has 94 valence electrons. The summed E-state index contributed by atoms with van der Waals surface area (Å²) in [5.41, 5.74) is 7.81. The molecule has 1 fully saturated rings. The highest BCUT2D eigenvalue weighted by Gasteiger charge is 2.16. The Kier molecular flexibility index (Phi) is 4.36. The van der Waals surface area contributed by atoms with Crippen LogP contribution in [0.5, 0.6) is 5.75 Å². The molecule has 0 radical (unpaired) electrons. The maximum atomic E-state index is 5.76. The summed E-state index contributed by atoms with van der Waals surface area (Å²) >= 11 is 0. The van der Waals surface area contributed by atoms with Crippen molar-refractivity contribution in [1.82, 2.24) is 0 Å². The van der Waals surface area contributed by atoms with Crippen LogP contribution in [-0.4, -0.2) is 26.4 Å². The average molecular weight is 237 g/mol. The lowest BCUT2D eigenvalue weighted by atomic mass is 10.1. The normalized spacial score (nSPS) is 19.5. The molecule has 2 N–H and O–H groups in total. The Bertz CT molecular complexity index is 362. The molecule has 17 heavy (non-hydrogen) atoms. The molecular formula is C13H19NO3. The molecule has 0 bridgehead atoms. The minimum absolute atomic E-state index is 0.235. The van der Waals surface area contributed by atoms with E-state index in [2.05, 4.69) is 0 Å². The van der Waals surface area contributed by atoms with E-state index < -0.39 is 0 Å². The molecule has 0 aromatic heterocycles. The smallest absolute Gasteiger partial charge is 0.123 e. The van der Waals surface area contributed by atoms with Crippen molar-refractivity contribution in [3.63, 3.8) is 0 Å². The summed E-state index contributed by atoms with van der Waals surface area (Å²) in [4.78, 5) is 0. The first kappa shape index (κ1) is 12.4. The standard InChI is InChI=1S/C13H19NO3/c1-15-13-3-2-10(6-11(13)7-14)8-17-12-4-5-16-9-12/h2-3,6,12H,4-5,7-9,14H2,1H3. The molecule has 1 heterocycles. The summed E-state index contributed by atoms with van der Waals surface area (Å²) in [5, 5.41) is 0. The number of hydrogen-bond acceptors (Lipinski definition) is 4. The van der Waals surface area contributed by atoms with E-state index in [9.17, 15) is 0 Å². The molecule has 1 atom stereocenters. The Morgan fingerprint density at radius 3 is 3.00 bits per heavy atom. The third-order valence-corrected chi connectivity index (χ3v) is 2.94. The van der Waals surface area contributed by atoms with E-state index in [-0.39, 0.29) is 6.10 Å². The number of rotatable bonds is 5. The lowest BCUT2D eigenvalue weighted by Gasteiger charge is -2.12. The van der Waals surface area contributed by atoms with Gasteiger partial charge in [-0.1, -0.05) is 6.07 Å². The minimum atomic E-state index is 0.235. The van der Waals surface area contributed by atoms with Crippen molar-refractivity contribution in [3.8, 4) is 5.75 Å². The van der Waals surface area contributed by atoms with Crippen molar-refractivity contribution < 1.29 is 14.2 Å². The van der Waals surface area contributed by atoms with Gasteiger partial charge in [-0.15, -0.1) is 0 Å². The number of nitrogens with two attached hydrogens (primary N) is 1. The Labute approximate surface area is 102 Å². The second-order valence-corrected chi connectivity index (χ2v) is 4.15. The molecule has 0 saturated carbocycles. The fourth-order valence-corrected chi connectivity index (χ4v) is 1.94. The zero-order valence-corrected chi connectivity index (χ0v) is 10.1. The quantitative estimate of drug-likeness (QED) is 0.842. The van der Waals surface area contributed by atoms with Gasteiger partial charge in [-0.05, 0) is 24.1 Å². The zero-order chi connectivity index (χ0) is 12.1. The van der Waals surface area contributed by atoms with Crippen molar-refractivity contribution in [1.29, 1.82) is 0 Å². The minimum Gasteiger partial charge on any atom is -0.496 e. The van der Waals surface area contributed by atoms with Gasteiger partial charge in [-0.3, -0.25) is 0 Å². The van der Waals surface area contributed by atoms with E-state index >= 15 is 0 Å². The van der Waals surface area contributed by atoms with Crippen molar-refractivity contribution in [2.45, 2.75) is 25.7 Å². The van der Waals surface area contributed by atoms with Crippen LogP contribution in [-0.2, 0) is 22.6 Å². The first-order chi connectivity index (χ1) is 8.33. The Morgan fingerprint density at radius 2 is 2.35 bits per heavy atom. The molecule has 1 aromatic carbocycles. The number of benzene rings is 1. The predicted molar refractivity (Wildman–Crippen MR) is 64.9 cm³/mol. The Hall–Kier alpha value is -1.10. The largest absolute Gasteiger partial charge is 0.496 e. The molecule has 1 aliphatic heterocycles. The summed E-state index contributed by atoms with van der Waals surface area (Å²) in [6, 6.07) is 5.98. The summed E-state index contributed by atoms with van der Waals surface area (Å²) in [5.74, 6) is 0.834. The first-order valence-corrected chi connectivity index (χ1v) is 5.88. The monoisotopic (exact) mass is 237 g/mol. The number of methoxy groups -OCH3 is 1. The van der Waals surface area contributed by atoms with Gasteiger partial charge in [-0.25, -0.2) is 0 Å². The molecule has 4 heteroatoms. The second kappa shape index (κ2) is 6.00. The van der Waals surface area contributed by atoms with Gasteiger partial charge < -0.3 is 19.9 Å². The van der Waals surface area contributed by atoms with Gasteiger partial charge in [0.15, 0.2) is 0 Å². The number of hydrogen-bond donors (Lipinski definition) is 1. The van der Waals surface area contributed by atoms with Crippen LogP contribution in [0.2, 0.25) is 0 Å². The fraction of sp³-hybridized carbons (Fsp3) is 0.538. The van der Waals surface area contributed by atoms with Crippen LogP contribution in [0.15, 0.2) is 18.2 Å². The fourth-order valence-electron chi connectivity index (χ4n) is 1.94. The molecule has 0 amide bonds. The zero-order valence-electron chi connectivity index (χ0n) is 10.1. The molecular weight excluding hydrogens is 218 g/mol. The lowest BCUT2D eigenvalue weighted by molar-refractivity contribution is 0.0317. The molecule has 1 aromatic rings. The van der Waals surface area contributed by atoms with Crippen LogP contribution in [0.3, 0.4) is 0 Å². The van der Waals surface area contributed by atoms with E-state index in [0.717, 1.165) is 29.9 Å². The van der Waals surface area contributed by atoms with E-state index in [0.29, 0.717) is 19.8 Å². The van der Waals surface area contributed by atoms with Crippen molar-refractivity contribution in [3.05, 3.63) is 29.3 Å². The first-order valence-electron chi connectivity index (χ1n) is 5.88. The van der Waals surface area contributed by atoms with Crippen molar-refractivity contribution in [2.24, 2.45) is 5.73 Å². The Morgan fingerprint density at radius 1 is 1.47 bits per heavy atom. The van der Waals surface area contributed by atoms with E-state index in [4.69, 9.17) is 19.9 Å². The molecule has 0 aliphatic carbocycles. The van der Waals surface area contributed by atoms with Crippen LogP contribution < -0.4 is 10.5 Å². The lowest BCUT2D eigenvalue weighted by Crippen LogP contribution is -2.12. The molecule has 1 unspecified atom stereocenters. The van der Waals surface area contributed by atoms with Crippen LogP contribution in [0.4, 0.5) is 0 Å². The van der Waals surface area contributed by atoms with Gasteiger partial charge >= 0.3 is 0 Å². The van der Waals surface area contributed by atoms with Crippen LogP contribution in [0.25, 0.3) is 0 Å². The van der Waals surface area contributed by atoms with Gasteiger partial charge in [0.1, 0.15) is 5.75 Å². The highest BCUT2D eigenvalue weighted by Crippen LogP contribution is 2.20. The van der Waals surface area contributed by atoms with Gasteiger partial charge in [0.05, 0.1) is 26.4 Å². The predicted octanol–water partition coefficient (Wildman–Crippen LogP) is 1.46. The molecule has 4 nitrogen and oxygen atoms in total. The molecule has 0 spiro atoms. The summed E-state index contributed by atoms with van der Waals surface area (Å²) < 4.78 is 16.2. The number of ether oxygens (including phenoxy) is 3. The second-order valence-electron chi connectivity index (χ2n) is 4.15. The maximum absolute atomic E-state index is 5.76. The topological polar surface area (TPSA) is 53.7 Å². The molecule has 1 aliphatic rings. The van der Waals surface area contributed by atoms with Gasteiger partial charge in [0, 0.05) is 18.7 Å². The van der Waals surface area contributed by atoms with Crippen LogP contribution in [0.1, 0.15) is 17.5 Å². The third kappa shape index (κ3) is 3.19. The SMILES string of the molecule is COc1ccc(COC2CCOC2)cc1CN. The van der Waals surface area contributed by atoms with Crippen LogP contribution in [0, 0.1) is 0 Å². The summed E-state index contributed by atoms with van der Waals surface area (Å²) in [7, 11) is 1.65. The van der Waals surface area contributed by atoms with Gasteiger partial charge in [0.2, 0.25) is 0 Å². The van der Waals surface area contributed by atoms with Crippen molar-refractivity contribution in [2.75, 3.05) is 20.3 Å². The maximum Gasteiger partial charge on any atom is 0.123 e. The average Bonchev–Trinajstić information content (AvgIpc) is 2.89. The van der Waals surface area contributed by atoms with Crippen molar-refractivity contribution >= 4 is 0 Å². The third-order valence-electron chi connectivity index (χ3n) is 2.94. The molecule has 1 saturated heterocycles. The van der Waals surface area contributed by atoms with Crippen LogP contribution >= 0.6 is 0 Å². The van der Waals surface area contributed by atoms with Gasteiger partial charge in [-0.2, -0.15) is 0 Å². The van der Waals surface area contributed by atoms with E-state index in [1.165, 1.54) is 0 Å². The highest BCUT2D eigenvalue weighted by atomic mass is 16.5. The van der Waals surface area contributed by atoms with E-state index in [1.807, 2.05) is 18.2 Å². The summed E-state index contributed by atoms with van der Waals surface area (Å²) in [6.45, 7) is 2.59. The van der Waals surface area contributed by atoms with Gasteiger partial charge in [0.25, 0.3) is 0 Å². The summed E-state index contributed by atoms with van der Waals surface area (Å²) in [6.07, 6.45) is 1.22. The Balaban J connectivity index is 1.95. The molecule has 2 rings (SSSR count). The van der Waals surface area contributed by atoms with E-state index in [1.54, 1.807) is 7.11 Å².